The summed E-state index contributed by atoms with van der Waals surface area (Å²) >= 11 is 11.9. The van der Waals surface area contributed by atoms with Crippen LogP contribution in [0.3, 0.4) is 0 Å². The predicted molar refractivity (Wildman–Crippen MR) is 78.7 cm³/mol. The smallest absolute Gasteiger partial charge is 0.303 e. The largest absolute Gasteiger partial charge is 0.481 e. The standard InChI is InChI=1S/C14H14Cl2N2O3/c1-8(5-14(19)20)4-13-17-12(18-21-13)6-9-2-3-10(15)7-11(9)16/h2-3,7-8H,4-6H2,1H3,(H,19,20). The molecule has 0 fully saturated rings. The van der Waals surface area contributed by atoms with Crippen molar-refractivity contribution in [2.75, 3.05) is 0 Å². The van der Waals surface area contributed by atoms with Crippen molar-refractivity contribution in [2.24, 2.45) is 5.92 Å². The van der Waals surface area contributed by atoms with Crippen LogP contribution in [-0.2, 0) is 17.6 Å². The molecule has 0 saturated heterocycles. The Morgan fingerprint density at radius 1 is 1.43 bits per heavy atom. The zero-order chi connectivity index (χ0) is 15.4. The average molecular weight is 329 g/mol. The van der Waals surface area contributed by atoms with Crippen molar-refractivity contribution in [3.05, 3.63) is 45.5 Å². The van der Waals surface area contributed by atoms with E-state index in [2.05, 4.69) is 10.1 Å². The van der Waals surface area contributed by atoms with E-state index in [-0.39, 0.29) is 12.3 Å². The lowest BCUT2D eigenvalue weighted by molar-refractivity contribution is -0.137. The number of hydrogen-bond acceptors (Lipinski definition) is 4. The minimum Gasteiger partial charge on any atom is -0.481 e. The number of carboxylic acids is 1. The Bertz CT molecular complexity index is 643. The Morgan fingerprint density at radius 2 is 2.19 bits per heavy atom. The third kappa shape index (κ3) is 4.72. The van der Waals surface area contributed by atoms with Crippen LogP contribution < -0.4 is 0 Å². The molecule has 2 aromatic rings. The molecule has 1 aromatic heterocycles. The molecule has 1 unspecified atom stereocenters. The van der Waals surface area contributed by atoms with Gasteiger partial charge in [-0.2, -0.15) is 4.98 Å². The molecule has 0 bridgehead atoms. The first kappa shape index (κ1) is 15.8. The van der Waals surface area contributed by atoms with Crippen LogP contribution in [0.4, 0.5) is 0 Å². The predicted octanol–water partition coefficient (Wildman–Crippen LogP) is 3.62. The van der Waals surface area contributed by atoms with Crippen LogP contribution in [0, 0.1) is 5.92 Å². The molecule has 0 saturated carbocycles. The molecular weight excluding hydrogens is 315 g/mol. The Morgan fingerprint density at radius 3 is 2.86 bits per heavy atom. The molecule has 2 rings (SSSR count). The zero-order valence-electron chi connectivity index (χ0n) is 11.3. The highest BCUT2D eigenvalue weighted by atomic mass is 35.5. The third-order valence-electron chi connectivity index (χ3n) is 2.92. The van der Waals surface area contributed by atoms with Crippen LogP contribution in [-0.4, -0.2) is 21.2 Å². The minimum absolute atomic E-state index is 0.0603. The maximum absolute atomic E-state index is 10.6. The lowest BCUT2D eigenvalue weighted by Crippen LogP contribution is -2.07. The van der Waals surface area contributed by atoms with Gasteiger partial charge in [-0.05, 0) is 23.6 Å². The summed E-state index contributed by atoms with van der Waals surface area (Å²) in [4.78, 5) is 14.9. The number of carboxylic acid groups (broad SMARTS) is 1. The molecular formula is C14H14Cl2N2O3. The van der Waals surface area contributed by atoms with E-state index >= 15 is 0 Å². The second-order valence-corrected chi connectivity index (χ2v) is 5.77. The molecule has 1 heterocycles. The number of halogens is 2. The highest BCUT2D eigenvalue weighted by molar-refractivity contribution is 6.35. The summed E-state index contributed by atoms with van der Waals surface area (Å²) in [6.07, 6.45) is 0.946. The van der Waals surface area contributed by atoms with Crippen LogP contribution in [0.2, 0.25) is 10.0 Å². The van der Waals surface area contributed by atoms with Crippen LogP contribution in [0.25, 0.3) is 0 Å². The van der Waals surface area contributed by atoms with Crippen LogP contribution in [0.5, 0.6) is 0 Å². The molecule has 21 heavy (non-hydrogen) atoms. The quantitative estimate of drug-likeness (QED) is 0.876. The minimum atomic E-state index is -0.838. The van der Waals surface area contributed by atoms with E-state index < -0.39 is 5.97 Å². The first-order valence-corrected chi connectivity index (χ1v) is 7.17. The van der Waals surface area contributed by atoms with Gasteiger partial charge in [0.1, 0.15) is 0 Å². The van der Waals surface area contributed by atoms with E-state index in [0.29, 0.717) is 34.6 Å². The van der Waals surface area contributed by atoms with Gasteiger partial charge in [-0.3, -0.25) is 4.79 Å². The Kier molecular flexibility index (Phi) is 5.20. The normalized spacial score (nSPS) is 12.3. The second-order valence-electron chi connectivity index (χ2n) is 4.92. The van der Waals surface area contributed by atoms with Crippen molar-refractivity contribution in [2.45, 2.75) is 26.2 Å². The van der Waals surface area contributed by atoms with E-state index in [1.807, 2.05) is 13.0 Å². The summed E-state index contributed by atoms with van der Waals surface area (Å²) in [5.41, 5.74) is 0.854. The summed E-state index contributed by atoms with van der Waals surface area (Å²) in [7, 11) is 0. The number of carbonyl (C=O) groups is 1. The zero-order valence-corrected chi connectivity index (χ0v) is 12.9. The molecule has 1 N–H and O–H groups in total. The fraction of sp³-hybridized carbons (Fsp3) is 0.357. The Hall–Kier alpha value is -1.59. The highest BCUT2D eigenvalue weighted by Crippen LogP contribution is 2.23. The van der Waals surface area contributed by atoms with Crippen LogP contribution >= 0.6 is 23.2 Å². The lowest BCUT2D eigenvalue weighted by atomic mass is 10.0. The Balaban J connectivity index is 2.01. The molecule has 1 aromatic carbocycles. The molecule has 0 amide bonds. The number of hydrogen-bond donors (Lipinski definition) is 1. The monoisotopic (exact) mass is 328 g/mol. The molecule has 0 spiro atoms. The van der Waals surface area contributed by atoms with Gasteiger partial charge in [0.15, 0.2) is 5.82 Å². The number of nitrogens with zero attached hydrogens (tertiary/aromatic N) is 2. The fourth-order valence-electron chi connectivity index (χ4n) is 1.95. The highest BCUT2D eigenvalue weighted by Gasteiger charge is 2.14. The van der Waals surface area contributed by atoms with Crippen molar-refractivity contribution in [3.8, 4) is 0 Å². The second kappa shape index (κ2) is 6.91. The summed E-state index contributed by atoms with van der Waals surface area (Å²) in [6, 6.07) is 5.22. The van der Waals surface area contributed by atoms with Gasteiger partial charge in [0, 0.05) is 29.3 Å². The third-order valence-corrected chi connectivity index (χ3v) is 3.51. The van der Waals surface area contributed by atoms with E-state index in [9.17, 15) is 4.79 Å². The SMILES string of the molecule is CC(CC(=O)O)Cc1nc(Cc2ccc(Cl)cc2Cl)no1. The van der Waals surface area contributed by atoms with Gasteiger partial charge in [0.2, 0.25) is 5.89 Å². The molecule has 0 aliphatic rings. The number of rotatable bonds is 6. The topological polar surface area (TPSA) is 76.2 Å². The fourth-order valence-corrected chi connectivity index (χ4v) is 2.42. The molecule has 7 heteroatoms. The molecule has 0 aliphatic heterocycles. The van der Waals surface area contributed by atoms with Gasteiger partial charge in [0.05, 0.1) is 0 Å². The summed E-state index contributed by atoms with van der Waals surface area (Å²) in [6.45, 7) is 1.83. The maximum atomic E-state index is 10.6. The van der Waals surface area contributed by atoms with Gasteiger partial charge in [0.25, 0.3) is 0 Å². The van der Waals surface area contributed by atoms with E-state index in [4.69, 9.17) is 32.8 Å². The van der Waals surface area contributed by atoms with Crippen LogP contribution in [0.15, 0.2) is 22.7 Å². The van der Waals surface area contributed by atoms with Crippen molar-refractivity contribution < 1.29 is 14.4 Å². The van der Waals surface area contributed by atoms with Gasteiger partial charge >= 0.3 is 5.97 Å². The van der Waals surface area contributed by atoms with Gasteiger partial charge < -0.3 is 9.63 Å². The van der Waals surface area contributed by atoms with Crippen LogP contribution in [0.1, 0.15) is 30.6 Å². The number of benzene rings is 1. The summed E-state index contributed by atoms with van der Waals surface area (Å²) in [5.74, 6) is 0.0469. The average Bonchev–Trinajstić information content (AvgIpc) is 2.79. The summed E-state index contributed by atoms with van der Waals surface area (Å²) in [5, 5.41) is 13.7. The van der Waals surface area contributed by atoms with Gasteiger partial charge in [-0.1, -0.05) is 41.3 Å². The maximum Gasteiger partial charge on any atom is 0.303 e. The van der Waals surface area contributed by atoms with Crippen molar-refractivity contribution in [3.63, 3.8) is 0 Å². The van der Waals surface area contributed by atoms with Gasteiger partial charge in [-0.15, -0.1) is 0 Å². The number of aliphatic carboxylic acids is 1. The molecule has 112 valence electrons. The van der Waals surface area contributed by atoms with Crippen molar-refractivity contribution >= 4 is 29.2 Å². The Labute approximate surface area is 131 Å². The van der Waals surface area contributed by atoms with E-state index in [1.54, 1.807) is 12.1 Å². The molecule has 1 atom stereocenters. The first-order chi connectivity index (χ1) is 9.94. The van der Waals surface area contributed by atoms with Gasteiger partial charge in [-0.25, -0.2) is 0 Å². The number of aromatic nitrogens is 2. The molecule has 0 aliphatic carbocycles. The van der Waals surface area contributed by atoms with E-state index in [0.717, 1.165) is 5.56 Å². The van der Waals surface area contributed by atoms with Crippen molar-refractivity contribution in [1.29, 1.82) is 0 Å². The molecule has 0 radical (unpaired) electrons. The lowest BCUT2D eigenvalue weighted by Gasteiger charge is -2.03. The van der Waals surface area contributed by atoms with Crippen molar-refractivity contribution in [1.82, 2.24) is 10.1 Å². The first-order valence-electron chi connectivity index (χ1n) is 6.41. The summed E-state index contributed by atoms with van der Waals surface area (Å²) < 4.78 is 5.13. The molecule has 5 nitrogen and oxygen atoms in total. The van der Waals surface area contributed by atoms with E-state index in [1.165, 1.54) is 0 Å².